The van der Waals surface area contributed by atoms with Crippen molar-refractivity contribution in [2.24, 2.45) is 0 Å². The number of benzene rings is 1. The molecule has 22 heavy (non-hydrogen) atoms. The Bertz CT molecular complexity index is 760. The van der Waals surface area contributed by atoms with Crippen LogP contribution in [0.25, 0.3) is 11.0 Å². The zero-order chi connectivity index (χ0) is 16.3. The quantitative estimate of drug-likeness (QED) is 0.853. The van der Waals surface area contributed by atoms with Crippen LogP contribution in [0.3, 0.4) is 0 Å². The molecule has 0 unspecified atom stereocenters. The maximum absolute atomic E-state index is 12.4. The molecule has 0 radical (unpaired) electrons. The van der Waals surface area contributed by atoms with Crippen molar-refractivity contribution in [1.29, 1.82) is 0 Å². The first-order chi connectivity index (χ1) is 10.5. The summed E-state index contributed by atoms with van der Waals surface area (Å²) in [5.74, 6) is -1.45. The summed E-state index contributed by atoms with van der Waals surface area (Å²) in [6.45, 7) is 3.84. The smallest absolute Gasteiger partial charge is 0.329 e. The summed E-state index contributed by atoms with van der Waals surface area (Å²) in [7, 11) is 0. The van der Waals surface area contributed by atoms with Gasteiger partial charge in [0.1, 0.15) is 13.1 Å². The number of carboxylic acids is 1. The molecule has 0 atom stereocenters. The minimum atomic E-state index is -1.07. The molecule has 1 N–H and O–H groups in total. The maximum Gasteiger partial charge on any atom is 0.329 e. The molecule has 0 saturated heterocycles. The van der Waals surface area contributed by atoms with E-state index in [2.05, 4.69) is 0 Å². The Morgan fingerprint density at radius 2 is 1.73 bits per heavy atom. The fraction of sp³-hybridized carbons (Fsp3) is 0.400. The molecule has 0 saturated carbocycles. The van der Waals surface area contributed by atoms with Gasteiger partial charge in [-0.25, -0.2) is 4.79 Å². The van der Waals surface area contributed by atoms with E-state index < -0.39 is 5.97 Å². The van der Waals surface area contributed by atoms with Gasteiger partial charge in [-0.2, -0.15) is 0 Å². The zero-order valence-corrected chi connectivity index (χ0v) is 12.7. The number of rotatable bonds is 6. The average molecular weight is 305 g/mol. The van der Waals surface area contributed by atoms with Crippen molar-refractivity contribution in [3.63, 3.8) is 0 Å². The van der Waals surface area contributed by atoms with Crippen LogP contribution in [0.5, 0.6) is 0 Å². The summed E-state index contributed by atoms with van der Waals surface area (Å²) in [4.78, 5) is 36.7. The van der Waals surface area contributed by atoms with E-state index >= 15 is 0 Å². The van der Waals surface area contributed by atoms with Crippen molar-refractivity contribution in [2.45, 2.75) is 26.9 Å². The van der Waals surface area contributed by atoms with E-state index in [1.807, 2.05) is 19.1 Å². The molecule has 7 nitrogen and oxygen atoms in total. The first-order valence-electron chi connectivity index (χ1n) is 7.17. The predicted molar refractivity (Wildman–Crippen MR) is 81.8 cm³/mol. The summed E-state index contributed by atoms with van der Waals surface area (Å²) < 4.78 is 2.99. The van der Waals surface area contributed by atoms with Crippen LogP contribution in [0.15, 0.2) is 29.1 Å². The van der Waals surface area contributed by atoms with Crippen molar-refractivity contribution in [1.82, 2.24) is 14.0 Å². The van der Waals surface area contributed by atoms with E-state index in [0.29, 0.717) is 12.1 Å². The SMILES string of the molecule is CCN(CC(=O)O)C(=O)Cn1c(=O)n(CC)c2ccccc21. The van der Waals surface area contributed by atoms with Gasteiger partial charge >= 0.3 is 11.7 Å². The summed E-state index contributed by atoms with van der Waals surface area (Å²) in [5, 5.41) is 8.83. The lowest BCUT2D eigenvalue weighted by Crippen LogP contribution is -2.39. The molecule has 1 aromatic heterocycles. The first-order valence-corrected chi connectivity index (χ1v) is 7.17. The van der Waals surface area contributed by atoms with Gasteiger partial charge in [0.15, 0.2) is 0 Å². The molecule has 1 amide bonds. The number of hydrogen-bond donors (Lipinski definition) is 1. The van der Waals surface area contributed by atoms with Gasteiger partial charge in [-0.1, -0.05) is 12.1 Å². The average Bonchev–Trinajstić information content (AvgIpc) is 2.76. The number of para-hydroxylation sites is 2. The van der Waals surface area contributed by atoms with Crippen LogP contribution in [-0.4, -0.2) is 44.1 Å². The Balaban J connectivity index is 2.39. The molecule has 2 rings (SSSR count). The van der Waals surface area contributed by atoms with Crippen LogP contribution in [0.4, 0.5) is 0 Å². The van der Waals surface area contributed by atoms with Crippen LogP contribution in [0.2, 0.25) is 0 Å². The van der Waals surface area contributed by atoms with Gasteiger partial charge in [0.05, 0.1) is 11.0 Å². The van der Waals surface area contributed by atoms with Gasteiger partial charge in [0.2, 0.25) is 5.91 Å². The fourth-order valence-electron chi connectivity index (χ4n) is 2.51. The van der Waals surface area contributed by atoms with Crippen molar-refractivity contribution in [2.75, 3.05) is 13.1 Å². The Morgan fingerprint density at radius 1 is 1.14 bits per heavy atom. The molecular formula is C15H19N3O4. The highest BCUT2D eigenvalue weighted by Gasteiger charge is 2.19. The van der Waals surface area contributed by atoms with Gasteiger partial charge in [0, 0.05) is 13.1 Å². The Kier molecular flexibility index (Phi) is 4.65. The minimum absolute atomic E-state index is 0.159. The molecule has 1 aromatic carbocycles. The van der Waals surface area contributed by atoms with Crippen molar-refractivity contribution in [3.05, 3.63) is 34.7 Å². The third-order valence-corrected chi connectivity index (χ3v) is 3.60. The number of imidazole rings is 1. The largest absolute Gasteiger partial charge is 0.480 e. The predicted octanol–water partition coefficient (Wildman–Crippen LogP) is 0.756. The number of amides is 1. The highest BCUT2D eigenvalue weighted by Crippen LogP contribution is 2.12. The number of hydrogen-bond acceptors (Lipinski definition) is 3. The molecule has 1 heterocycles. The van der Waals surface area contributed by atoms with E-state index in [-0.39, 0.29) is 31.2 Å². The van der Waals surface area contributed by atoms with E-state index in [9.17, 15) is 14.4 Å². The number of nitrogens with zero attached hydrogens (tertiary/aromatic N) is 3. The topological polar surface area (TPSA) is 84.5 Å². The molecule has 7 heteroatoms. The van der Waals surface area contributed by atoms with Crippen LogP contribution < -0.4 is 5.69 Å². The van der Waals surface area contributed by atoms with Gasteiger partial charge in [-0.15, -0.1) is 0 Å². The van der Waals surface area contributed by atoms with Crippen molar-refractivity contribution in [3.8, 4) is 0 Å². The number of carbonyl (C=O) groups excluding carboxylic acids is 1. The van der Waals surface area contributed by atoms with Gasteiger partial charge in [-0.05, 0) is 26.0 Å². The lowest BCUT2D eigenvalue weighted by Gasteiger charge is -2.18. The molecular weight excluding hydrogens is 286 g/mol. The van der Waals surface area contributed by atoms with E-state index in [1.54, 1.807) is 23.6 Å². The van der Waals surface area contributed by atoms with Crippen LogP contribution in [0.1, 0.15) is 13.8 Å². The Labute approximate surface area is 127 Å². The van der Waals surface area contributed by atoms with Gasteiger partial charge in [-0.3, -0.25) is 18.7 Å². The number of fused-ring (bicyclic) bond motifs is 1. The Hall–Kier alpha value is -2.57. The molecule has 0 aliphatic carbocycles. The molecule has 0 bridgehead atoms. The van der Waals surface area contributed by atoms with Crippen molar-refractivity contribution < 1.29 is 14.7 Å². The first kappa shape index (κ1) is 15.8. The number of likely N-dealkylation sites (N-methyl/N-ethyl adjacent to an activating group) is 1. The summed E-state index contributed by atoms with van der Waals surface area (Å²) in [6.07, 6.45) is 0. The second-order valence-electron chi connectivity index (χ2n) is 4.90. The summed E-state index contributed by atoms with van der Waals surface area (Å²) in [5.41, 5.74) is 1.18. The standard InChI is InChI=1S/C15H19N3O4/c1-3-16(10-14(20)21)13(19)9-18-12-8-6-5-7-11(12)17(4-2)15(18)22/h5-8H,3-4,9-10H2,1-2H3,(H,20,21). The maximum atomic E-state index is 12.4. The molecule has 0 aliphatic rings. The normalized spacial score (nSPS) is 10.8. The highest BCUT2D eigenvalue weighted by atomic mass is 16.4. The zero-order valence-electron chi connectivity index (χ0n) is 12.7. The Morgan fingerprint density at radius 3 is 2.23 bits per heavy atom. The van der Waals surface area contributed by atoms with E-state index in [4.69, 9.17) is 5.11 Å². The van der Waals surface area contributed by atoms with Crippen LogP contribution >= 0.6 is 0 Å². The van der Waals surface area contributed by atoms with Crippen molar-refractivity contribution >= 4 is 22.9 Å². The highest BCUT2D eigenvalue weighted by molar-refractivity contribution is 5.83. The van der Waals surface area contributed by atoms with Crippen LogP contribution in [0, 0.1) is 0 Å². The molecule has 118 valence electrons. The van der Waals surface area contributed by atoms with Gasteiger partial charge in [0.25, 0.3) is 0 Å². The number of carbonyl (C=O) groups is 2. The second-order valence-corrected chi connectivity index (χ2v) is 4.90. The number of aromatic nitrogens is 2. The third-order valence-electron chi connectivity index (χ3n) is 3.60. The molecule has 0 fully saturated rings. The lowest BCUT2D eigenvalue weighted by molar-refractivity contribution is -0.144. The molecule has 2 aromatic rings. The minimum Gasteiger partial charge on any atom is -0.480 e. The van der Waals surface area contributed by atoms with Crippen LogP contribution in [-0.2, 0) is 22.7 Å². The molecule has 0 aliphatic heterocycles. The third kappa shape index (κ3) is 2.88. The summed E-state index contributed by atoms with van der Waals surface area (Å²) in [6, 6.07) is 7.25. The summed E-state index contributed by atoms with van der Waals surface area (Å²) >= 11 is 0. The number of aliphatic carboxylic acids is 1. The van der Waals surface area contributed by atoms with E-state index in [1.165, 1.54) is 9.47 Å². The number of carboxylic acid groups (broad SMARTS) is 1. The van der Waals surface area contributed by atoms with E-state index in [0.717, 1.165) is 5.52 Å². The fourth-order valence-corrected chi connectivity index (χ4v) is 2.51. The van der Waals surface area contributed by atoms with Gasteiger partial charge < -0.3 is 10.0 Å². The molecule has 0 spiro atoms. The lowest BCUT2D eigenvalue weighted by atomic mass is 10.3. The number of aryl methyl sites for hydroxylation is 1. The second kappa shape index (κ2) is 6.46. The monoisotopic (exact) mass is 305 g/mol.